The van der Waals surface area contributed by atoms with Gasteiger partial charge in [0, 0.05) is 15.6 Å². The molecule has 1 N–H and O–H groups in total. The van der Waals surface area contributed by atoms with Crippen LogP contribution in [0, 0.1) is 0 Å². The highest BCUT2D eigenvalue weighted by molar-refractivity contribution is 9.10. The minimum absolute atomic E-state index is 0.107. The minimum atomic E-state index is -0.663. The third-order valence-electron chi connectivity index (χ3n) is 3.19. The molecule has 0 unspecified atom stereocenters. The fourth-order valence-corrected chi connectivity index (χ4v) is 2.44. The van der Waals surface area contributed by atoms with E-state index in [9.17, 15) is 14.0 Å². The van der Waals surface area contributed by atoms with Crippen molar-refractivity contribution in [1.82, 2.24) is 19.7 Å². The number of benzene rings is 1. The second kappa shape index (κ2) is 8.31. The molecule has 26 heavy (non-hydrogen) atoms. The highest BCUT2D eigenvalue weighted by Crippen LogP contribution is 2.13. The number of hydrogen-bond donors (Lipinski definition) is 1. The first-order chi connectivity index (χ1) is 12.2. The maximum absolute atomic E-state index is 13.1. The van der Waals surface area contributed by atoms with Crippen LogP contribution in [0.1, 0.15) is 20.8 Å². The summed E-state index contributed by atoms with van der Waals surface area (Å²) in [4.78, 5) is 24.1. The zero-order valence-electron chi connectivity index (χ0n) is 14.7. The number of aromatic nitrogens is 3. The van der Waals surface area contributed by atoms with Crippen LogP contribution in [0.2, 0.25) is 0 Å². The standard InChI is InChI=1S/C17H20BrFN4O3/c1-17(2,3)21-15(24)26-10-12(8-19)9-23-16(25)22(11-20-23)14-6-4-5-13(18)7-14/h4-8,11H,9-10H2,1-3H3,(H,21,24)/b12-8+. The molecule has 1 heterocycles. The molecule has 0 fully saturated rings. The van der Waals surface area contributed by atoms with Crippen LogP contribution in [-0.4, -0.2) is 32.6 Å². The molecule has 0 aliphatic rings. The number of amides is 1. The van der Waals surface area contributed by atoms with Crippen LogP contribution in [0.3, 0.4) is 0 Å². The maximum atomic E-state index is 13.1. The summed E-state index contributed by atoms with van der Waals surface area (Å²) in [5.74, 6) is 0. The molecule has 2 aromatic rings. The average Bonchev–Trinajstić information content (AvgIpc) is 2.90. The second-order valence-corrected chi connectivity index (χ2v) is 7.56. The molecule has 1 aromatic carbocycles. The Balaban J connectivity index is 2.06. The molecule has 1 amide bonds. The first kappa shape index (κ1) is 19.9. The Bertz CT molecular complexity index is 867. The van der Waals surface area contributed by atoms with E-state index in [1.165, 1.54) is 10.9 Å². The Hall–Kier alpha value is -2.42. The van der Waals surface area contributed by atoms with Crippen molar-refractivity contribution in [2.45, 2.75) is 32.9 Å². The molecule has 2 rings (SSSR count). The van der Waals surface area contributed by atoms with E-state index in [1.807, 2.05) is 6.07 Å². The third-order valence-corrected chi connectivity index (χ3v) is 3.69. The van der Waals surface area contributed by atoms with Crippen LogP contribution in [-0.2, 0) is 11.3 Å². The van der Waals surface area contributed by atoms with Crippen LogP contribution >= 0.6 is 15.9 Å². The number of alkyl carbamates (subject to hydrolysis) is 1. The summed E-state index contributed by atoms with van der Waals surface area (Å²) in [6.07, 6.45) is 1.01. The van der Waals surface area contributed by atoms with Crippen LogP contribution < -0.4 is 11.0 Å². The normalized spacial score (nSPS) is 12.1. The summed E-state index contributed by atoms with van der Waals surface area (Å²) in [5.41, 5.74) is -0.157. The number of carbonyl (C=O) groups is 1. The van der Waals surface area contributed by atoms with E-state index in [2.05, 4.69) is 26.3 Å². The van der Waals surface area contributed by atoms with Gasteiger partial charge in [-0.1, -0.05) is 22.0 Å². The lowest BCUT2D eigenvalue weighted by Gasteiger charge is -2.20. The molecule has 7 nitrogen and oxygen atoms in total. The van der Waals surface area contributed by atoms with Crippen LogP contribution in [0.4, 0.5) is 9.18 Å². The molecule has 0 spiro atoms. The molecule has 9 heteroatoms. The molecular formula is C17H20BrFN4O3. The minimum Gasteiger partial charge on any atom is -0.445 e. The Morgan fingerprint density at radius 2 is 2.15 bits per heavy atom. The van der Waals surface area contributed by atoms with Gasteiger partial charge in [-0.05, 0) is 39.0 Å². The van der Waals surface area contributed by atoms with Gasteiger partial charge in [-0.2, -0.15) is 5.10 Å². The quantitative estimate of drug-likeness (QED) is 0.795. The van der Waals surface area contributed by atoms with Gasteiger partial charge in [0.25, 0.3) is 0 Å². The van der Waals surface area contributed by atoms with Gasteiger partial charge < -0.3 is 10.1 Å². The lowest BCUT2D eigenvalue weighted by Crippen LogP contribution is -2.41. The number of halogens is 2. The van der Waals surface area contributed by atoms with E-state index in [4.69, 9.17) is 4.74 Å². The largest absolute Gasteiger partial charge is 0.445 e. The van der Waals surface area contributed by atoms with Crippen molar-refractivity contribution >= 4 is 22.0 Å². The number of nitrogens with one attached hydrogen (secondary N) is 1. The molecule has 140 valence electrons. The van der Waals surface area contributed by atoms with E-state index < -0.39 is 17.3 Å². The molecule has 0 saturated heterocycles. The molecule has 0 bridgehead atoms. The van der Waals surface area contributed by atoms with Gasteiger partial charge in [-0.25, -0.2) is 23.2 Å². The Kier molecular flexibility index (Phi) is 6.36. The SMILES string of the molecule is CC(C)(C)NC(=O)OC/C(=C/F)Cn1ncn(-c2cccc(Br)c2)c1=O. The van der Waals surface area contributed by atoms with E-state index in [1.54, 1.807) is 39.0 Å². The number of rotatable bonds is 5. The van der Waals surface area contributed by atoms with Crippen molar-refractivity contribution in [2.24, 2.45) is 0 Å². The fraction of sp³-hybridized carbons (Fsp3) is 0.353. The summed E-state index contributed by atoms with van der Waals surface area (Å²) < 4.78 is 21.3. The highest BCUT2D eigenvalue weighted by Gasteiger charge is 2.16. The third kappa shape index (κ3) is 5.55. The molecule has 0 aliphatic carbocycles. The first-order valence-corrected chi connectivity index (χ1v) is 8.62. The van der Waals surface area contributed by atoms with Gasteiger partial charge >= 0.3 is 11.8 Å². The topological polar surface area (TPSA) is 78.2 Å². The maximum Gasteiger partial charge on any atom is 0.407 e. The highest BCUT2D eigenvalue weighted by atomic mass is 79.9. The summed E-state index contributed by atoms with van der Waals surface area (Å²) in [7, 11) is 0. The zero-order valence-corrected chi connectivity index (χ0v) is 16.3. The molecule has 0 aliphatic heterocycles. The van der Waals surface area contributed by atoms with Gasteiger partial charge in [0.1, 0.15) is 12.9 Å². The smallest absolute Gasteiger partial charge is 0.407 e. The van der Waals surface area contributed by atoms with Crippen molar-refractivity contribution in [1.29, 1.82) is 0 Å². The van der Waals surface area contributed by atoms with Gasteiger partial charge in [-0.3, -0.25) is 0 Å². The lowest BCUT2D eigenvalue weighted by atomic mass is 10.1. The molecule has 0 radical (unpaired) electrons. The van der Waals surface area contributed by atoms with E-state index in [0.29, 0.717) is 12.0 Å². The summed E-state index contributed by atoms with van der Waals surface area (Å²) in [6.45, 7) is 4.99. The molecular weight excluding hydrogens is 407 g/mol. The fourth-order valence-electron chi connectivity index (χ4n) is 2.05. The van der Waals surface area contributed by atoms with Crippen molar-refractivity contribution in [3.63, 3.8) is 0 Å². The van der Waals surface area contributed by atoms with Crippen LogP contribution in [0.25, 0.3) is 5.69 Å². The predicted molar refractivity (Wildman–Crippen MR) is 99.0 cm³/mol. The van der Waals surface area contributed by atoms with Crippen LogP contribution in [0.15, 0.2) is 51.8 Å². The van der Waals surface area contributed by atoms with Crippen molar-refractivity contribution in [3.05, 3.63) is 57.5 Å². The van der Waals surface area contributed by atoms with Gasteiger partial charge in [-0.15, -0.1) is 0 Å². The second-order valence-electron chi connectivity index (χ2n) is 6.64. The number of hydrogen-bond acceptors (Lipinski definition) is 4. The number of ether oxygens (including phenoxy) is 1. The van der Waals surface area contributed by atoms with Crippen molar-refractivity contribution in [2.75, 3.05) is 6.61 Å². The van der Waals surface area contributed by atoms with E-state index >= 15 is 0 Å². The van der Waals surface area contributed by atoms with Gasteiger partial charge in [0.15, 0.2) is 0 Å². The Morgan fingerprint density at radius 1 is 1.42 bits per heavy atom. The lowest BCUT2D eigenvalue weighted by molar-refractivity contribution is 0.145. The Morgan fingerprint density at radius 3 is 2.77 bits per heavy atom. The van der Waals surface area contributed by atoms with Crippen molar-refractivity contribution < 1.29 is 13.9 Å². The van der Waals surface area contributed by atoms with Crippen LogP contribution in [0.5, 0.6) is 0 Å². The summed E-state index contributed by atoms with van der Waals surface area (Å²) in [6, 6.07) is 7.14. The van der Waals surface area contributed by atoms with Gasteiger partial charge in [0.2, 0.25) is 0 Å². The van der Waals surface area contributed by atoms with E-state index in [-0.39, 0.29) is 18.7 Å². The monoisotopic (exact) mass is 426 g/mol. The van der Waals surface area contributed by atoms with E-state index in [0.717, 1.165) is 9.15 Å². The Labute approximate surface area is 158 Å². The first-order valence-electron chi connectivity index (χ1n) is 7.83. The number of nitrogens with zero attached hydrogens (tertiary/aromatic N) is 3. The zero-order chi connectivity index (χ0) is 19.3. The summed E-state index contributed by atoms with van der Waals surface area (Å²) in [5, 5.41) is 6.59. The molecule has 0 saturated carbocycles. The van der Waals surface area contributed by atoms with Crippen molar-refractivity contribution in [3.8, 4) is 5.69 Å². The molecule has 1 aromatic heterocycles. The van der Waals surface area contributed by atoms with Gasteiger partial charge in [0.05, 0.1) is 18.6 Å². The summed E-state index contributed by atoms with van der Waals surface area (Å²) >= 11 is 3.34. The molecule has 0 atom stereocenters. The number of carbonyl (C=O) groups excluding carboxylic acids is 1. The average molecular weight is 427 g/mol. The predicted octanol–water partition coefficient (Wildman–Crippen LogP) is 3.17.